The number of carbonyl (C=O) groups is 1. The van der Waals surface area contributed by atoms with E-state index < -0.39 is 0 Å². The zero-order valence-electron chi connectivity index (χ0n) is 9.58. The average molecular weight is 284 g/mol. The van der Waals surface area contributed by atoms with E-state index in [0.717, 1.165) is 30.3 Å². The smallest absolute Gasteiger partial charge is 0.251 e. The van der Waals surface area contributed by atoms with Crippen molar-refractivity contribution in [1.82, 2.24) is 5.32 Å². The van der Waals surface area contributed by atoms with E-state index in [-0.39, 0.29) is 5.91 Å². The van der Waals surface area contributed by atoms with Gasteiger partial charge in [-0.3, -0.25) is 4.79 Å². The molecule has 1 atom stereocenters. The Bertz CT molecular complexity index is 313. The lowest BCUT2D eigenvalue weighted by Gasteiger charge is -2.14. The Kier molecular flexibility index (Phi) is 6.16. The molecule has 1 aromatic rings. The molecular formula is C13H18BrNO. The number of hydrogen-bond donors (Lipinski definition) is 1. The minimum Gasteiger partial charge on any atom is -0.352 e. The van der Waals surface area contributed by atoms with Crippen molar-refractivity contribution < 1.29 is 4.79 Å². The van der Waals surface area contributed by atoms with Crippen LogP contribution in [0.1, 0.15) is 30.1 Å². The summed E-state index contributed by atoms with van der Waals surface area (Å²) < 4.78 is 0. The van der Waals surface area contributed by atoms with Crippen molar-refractivity contribution in [2.75, 3.05) is 11.9 Å². The van der Waals surface area contributed by atoms with E-state index >= 15 is 0 Å². The van der Waals surface area contributed by atoms with Crippen LogP contribution in [0.15, 0.2) is 30.3 Å². The van der Waals surface area contributed by atoms with Crippen LogP contribution in [0.25, 0.3) is 0 Å². The summed E-state index contributed by atoms with van der Waals surface area (Å²) in [6.07, 6.45) is 2.20. The maximum absolute atomic E-state index is 11.7. The summed E-state index contributed by atoms with van der Waals surface area (Å²) >= 11 is 3.43. The van der Waals surface area contributed by atoms with Crippen molar-refractivity contribution in [2.45, 2.75) is 19.8 Å². The van der Waals surface area contributed by atoms with Gasteiger partial charge in [-0.1, -0.05) is 47.5 Å². The largest absolute Gasteiger partial charge is 0.352 e. The van der Waals surface area contributed by atoms with Gasteiger partial charge in [-0.25, -0.2) is 0 Å². The first-order chi connectivity index (χ1) is 7.77. The Morgan fingerprint density at radius 3 is 2.62 bits per heavy atom. The van der Waals surface area contributed by atoms with Gasteiger partial charge in [0.2, 0.25) is 0 Å². The minimum atomic E-state index is 0.0219. The normalized spacial score (nSPS) is 12.1. The molecule has 1 N–H and O–H groups in total. The molecule has 0 heterocycles. The van der Waals surface area contributed by atoms with E-state index in [9.17, 15) is 4.79 Å². The standard InChI is InChI=1S/C13H18BrNO/c1-2-11(8-9-14)10-15-13(16)12-6-4-3-5-7-12/h3-7,11H,2,8-10H2,1H3,(H,15,16). The Labute approximate surface area is 106 Å². The molecule has 2 nitrogen and oxygen atoms in total. The van der Waals surface area contributed by atoms with Gasteiger partial charge in [-0.05, 0) is 24.5 Å². The van der Waals surface area contributed by atoms with E-state index in [1.807, 2.05) is 30.3 Å². The number of hydrogen-bond acceptors (Lipinski definition) is 1. The van der Waals surface area contributed by atoms with Gasteiger partial charge in [0, 0.05) is 17.4 Å². The number of halogens is 1. The molecule has 0 aliphatic rings. The number of amides is 1. The monoisotopic (exact) mass is 283 g/mol. The highest BCUT2D eigenvalue weighted by Gasteiger charge is 2.08. The third-order valence-corrected chi connectivity index (χ3v) is 3.14. The Morgan fingerprint density at radius 1 is 1.38 bits per heavy atom. The maximum atomic E-state index is 11.7. The summed E-state index contributed by atoms with van der Waals surface area (Å²) in [7, 11) is 0. The summed E-state index contributed by atoms with van der Waals surface area (Å²) in [5, 5.41) is 3.97. The van der Waals surface area contributed by atoms with Crippen LogP contribution < -0.4 is 5.32 Å². The molecular weight excluding hydrogens is 266 g/mol. The summed E-state index contributed by atoms with van der Waals surface area (Å²) in [6.45, 7) is 2.91. The Balaban J connectivity index is 2.40. The second-order valence-electron chi connectivity index (χ2n) is 3.83. The van der Waals surface area contributed by atoms with E-state index in [1.54, 1.807) is 0 Å². The van der Waals surface area contributed by atoms with Crippen LogP contribution >= 0.6 is 15.9 Å². The predicted molar refractivity (Wildman–Crippen MR) is 71.0 cm³/mol. The van der Waals surface area contributed by atoms with Gasteiger partial charge in [0.25, 0.3) is 5.91 Å². The summed E-state index contributed by atoms with van der Waals surface area (Å²) in [6, 6.07) is 9.34. The third-order valence-electron chi connectivity index (χ3n) is 2.68. The van der Waals surface area contributed by atoms with Crippen LogP contribution in [-0.4, -0.2) is 17.8 Å². The van der Waals surface area contributed by atoms with Crippen LogP contribution in [-0.2, 0) is 0 Å². The first kappa shape index (κ1) is 13.2. The SMILES string of the molecule is CCC(CCBr)CNC(=O)c1ccccc1. The fraction of sp³-hybridized carbons (Fsp3) is 0.462. The second kappa shape index (κ2) is 7.44. The molecule has 0 saturated heterocycles. The number of rotatable bonds is 6. The van der Waals surface area contributed by atoms with Crippen LogP contribution in [0.2, 0.25) is 0 Å². The fourth-order valence-electron chi connectivity index (χ4n) is 1.53. The van der Waals surface area contributed by atoms with Gasteiger partial charge in [-0.15, -0.1) is 0 Å². The van der Waals surface area contributed by atoms with Crippen LogP contribution in [0.5, 0.6) is 0 Å². The van der Waals surface area contributed by atoms with Crippen LogP contribution in [0.4, 0.5) is 0 Å². The van der Waals surface area contributed by atoms with Gasteiger partial charge < -0.3 is 5.32 Å². The molecule has 1 rings (SSSR count). The summed E-state index contributed by atoms with van der Waals surface area (Å²) in [5.41, 5.74) is 0.733. The van der Waals surface area contributed by atoms with Gasteiger partial charge in [0.05, 0.1) is 0 Å². The number of benzene rings is 1. The topological polar surface area (TPSA) is 29.1 Å². The molecule has 0 aromatic heterocycles. The zero-order valence-corrected chi connectivity index (χ0v) is 11.2. The lowest BCUT2D eigenvalue weighted by Crippen LogP contribution is -2.29. The first-order valence-electron chi connectivity index (χ1n) is 5.67. The van der Waals surface area contributed by atoms with Crippen molar-refractivity contribution in [1.29, 1.82) is 0 Å². The van der Waals surface area contributed by atoms with Crippen molar-refractivity contribution in [2.24, 2.45) is 5.92 Å². The molecule has 16 heavy (non-hydrogen) atoms. The molecule has 0 fully saturated rings. The molecule has 1 unspecified atom stereocenters. The van der Waals surface area contributed by atoms with Gasteiger partial charge >= 0.3 is 0 Å². The number of alkyl halides is 1. The van der Waals surface area contributed by atoms with E-state index in [4.69, 9.17) is 0 Å². The minimum absolute atomic E-state index is 0.0219. The van der Waals surface area contributed by atoms with Gasteiger partial charge in [0.15, 0.2) is 0 Å². The van der Waals surface area contributed by atoms with Gasteiger partial charge in [0.1, 0.15) is 0 Å². The average Bonchev–Trinajstić information content (AvgIpc) is 2.35. The molecule has 0 spiro atoms. The molecule has 0 bridgehead atoms. The van der Waals surface area contributed by atoms with E-state index in [0.29, 0.717) is 5.92 Å². The molecule has 88 valence electrons. The predicted octanol–water partition coefficient (Wildman–Crippen LogP) is 3.23. The Hall–Kier alpha value is -0.830. The van der Waals surface area contributed by atoms with Crippen molar-refractivity contribution in [3.05, 3.63) is 35.9 Å². The summed E-state index contributed by atoms with van der Waals surface area (Å²) in [5.74, 6) is 0.584. The number of nitrogens with one attached hydrogen (secondary N) is 1. The molecule has 0 radical (unpaired) electrons. The first-order valence-corrected chi connectivity index (χ1v) is 6.79. The highest BCUT2D eigenvalue weighted by molar-refractivity contribution is 9.09. The van der Waals surface area contributed by atoms with Crippen LogP contribution in [0.3, 0.4) is 0 Å². The lowest BCUT2D eigenvalue weighted by atomic mass is 10.0. The molecule has 0 saturated carbocycles. The zero-order chi connectivity index (χ0) is 11.8. The molecule has 3 heteroatoms. The van der Waals surface area contributed by atoms with Gasteiger partial charge in [-0.2, -0.15) is 0 Å². The fourth-order valence-corrected chi connectivity index (χ4v) is 2.18. The van der Waals surface area contributed by atoms with E-state index in [2.05, 4.69) is 28.2 Å². The highest BCUT2D eigenvalue weighted by atomic mass is 79.9. The summed E-state index contributed by atoms with van der Waals surface area (Å²) in [4.78, 5) is 11.7. The number of carbonyl (C=O) groups excluding carboxylic acids is 1. The molecule has 1 aromatic carbocycles. The second-order valence-corrected chi connectivity index (χ2v) is 4.62. The Morgan fingerprint density at radius 2 is 2.06 bits per heavy atom. The molecule has 0 aliphatic carbocycles. The van der Waals surface area contributed by atoms with Crippen molar-refractivity contribution >= 4 is 21.8 Å². The van der Waals surface area contributed by atoms with Crippen molar-refractivity contribution in [3.8, 4) is 0 Å². The van der Waals surface area contributed by atoms with Crippen LogP contribution in [0, 0.1) is 5.92 Å². The third kappa shape index (κ3) is 4.35. The highest BCUT2D eigenvalue weighted by Crippen LogP contribution is 2.09. The lowest BCUT2D eigenvalue weighted by molar-refractivity contribution is 0.0946. The quantitative estimate of drug-likeness (QED) is 0.798. The van der Waals surface area contributed by atoms with E-state index in [1.165, 1.54) is 0 Å². The molecule has 1 amide bonds. The molecule has 0 aliphatic heterocycles. The van der Waals surface area contributed by atoms with Crippen molar-refractivity contribution in [3.63, 3.8) is 0 Å². The maximum Gasteiger partial charge on any atom is 0.251 e.